The number of piperazine rings is 1. The average Bonchev–Trinajstić information content (AvgIpc) is 3.59. The molecule has 8 heteroatoms. The number of aromatic hydroxyl groups is 1. The summed E-state index contributed by atoms with van der Waals surface area (Å²) >= 11 is 0. The van der Waals surface area contributed by atoms with Crippen LogP contribution >= 0.6 is 0 Å². The van der Waals surface area contributed by atoms with Crippen LogP contribution in [0.5, 0.6) is 11.8 Å². The molecule has 3 aromatic carbocycles. The summed E-state index contributed by atoms with van der Waals surface area (Å²) in [5, 5.41) is 16.8. The van der Waals surface area contributed by atoms with Crippen LogP contribution in [0.1, 0.15) is 50.5 Å². The molecule has 4 unspecified atom stereocenters. The molecule has 4 fully saturated rings. The number of hydrogen-bond acceptors (Lipinski definition) is 7. The Bertz CT molecular complexity index is 1720. The molecule has 0 amide bonds. The van der Waals surface area contributed by atoms with Crippen molar-refractivity contribution in [2.45, 2.75) is 70.0 Å². The van der Waals surface area contributed by atoms with Gasteiger partial charge in [-0.15, -0.1) is 0 Å². The van der Waals surface area contributed by atoms with E-state index in [2.05, 4.69) is 22.2 Å². The van der Waals surface area contributed by atoms with Crippen LogP contribution in [0.2, 0.25) is 0 Å². The molecule has 1 aromatic heterocycles. The number of piperidine rings is 1. The highest BCUT2D eigenvalue weighted by atomic mass is 19.1. The molecule has 0 radical (unpaired) electrons. The molecular weight excluding hydrogens is 541 g/mol. The quantitative estimate of drug-likeness (QED) is 0.291. The monoisotopic (exact) mass is 581 g/mol. The number of nitrogens with zero attached hydrogens (tertiary/aromatic N) is 4. The van der Waals surface area contributed by atoms with Gasteiger partial charge in [-0.2, -0.15) is 9.97 Å². The van der Waals surface area contributed by atoms with E-state index < -0.39 is 5.82 Å². The molecule has 4 atom stereocenters. The van der Waals surface area contributed by atoms with Crippen LogP contribution in [0.25, 0.3) is 32.8 Å². The van der Waals surface area contributed by atoms with Crippen molar-refractivity contribution in [3.63, 3.8) is 0 Å². The van der Waals surface area contributed by atoms with Crippen molar-refractivity contribution in [2.24, 2.45) is 5.41 Å². The van der Waals surface area contributed by atoms with Crippen LogP contribution in [0.15, 0.2) is 42.5 Å². The summed E-state index contributed by atoms with van der Waals surface area (Å²) in [7, 11) is 2.23. The van der Waals surface area contributed by atoms with Crippen molar-refractivity contribution in [2.75, 3.05) is 38.2 Å². The van der Waals surface area contributed by atoms with Gasteiger partial charge in [-0.25, -0.2) is 4.39 Å². The van der Waals surface area contributed by atoms with Crippen LogP contribution < -0.4 is 15.0 Å². The minimum absolute atomic E-state index is 0.0943. The van der Waals surface area contributed by atoms with E-state index in [0.717, 1.165) is 67.5 Å². The number of benzene rings is 3. The predicted octanol–water partition coefficient (Wildman–Crippen LogP) is 6.19. The van der Waals surface area contributed by atoms with E-state index in [1.54, 1.807) is 12.1 Å². The van der Waals surface area contributed by atoms with E-state index in [4.69, 9.17) is 14.7 Å². The maximum atomic E-state index is 17.0. The van der Waals surface area contributed by atoms with Crippen molar-refractivity contribution in [3.8, 4) is 22.9 Å². The maximum absolute atomic E-state index is 17.0. The van der Waals surface area contributed by atoms with Gasteiger partial charge in [0, 0.05) is 47.6 Å². The van der Waals surface area contributed by atoms with Crippen LogP contribution in [0, 0.1) is 18.2 Å². The first-order valence-corrected chi connectivity index (χ1v) is 16.0. The van der Waals surface area contributed by atoms with Crippen molar-refractivity contribution < 1.29 is 14.2 Å². The third-order valence-corrected chi connectivity index (χ3v) is 10.8. The molecule has 4 heterocycles. The molecule has 1 aliphatic carbocycles. The zero-order chi connectivity index (χ0) is 29.3. The Labute approximate surface area is 252 Å². The van der Waals surface area contributed by atoms with Crippen molar-refractivity contribution in [1.82, 2.24) is 20.2 Å². The molecule has 7 nitrogen and oxygen atoms in total. The molecule has 1 saturated carbocycles. The Morgan fingerprint density at radius 1 is 1.02 bits per heavy atom. The minimum Gasteiger partial charge on any atom is -0.508 e. The molecule has 3 saturated heterocycles. The second kappa shape index (κ2) is 10.3. The van der Waals surface area contributed by atoms with Crippen LogP contribution in [-0.2, 0) is 0 Å². The molecule has 4 aromatic rings. The summed E-state index contributed by atoms with van der Waals surface area (Å²) < 4.78 is 23.5. The van der Waals surface area contributed by atoms with Gasteiger partial charge in [-0.05, 0) is 99.1 Å². The Morgan fingerprint density at radius 2 is 1.81 bits per heavy atom. The van der Waals surface area contributed by atoms with Crippen LogP contribution in [-0.4, -0.2) is 71.4 Å². The summed E-state index contributed by atoms with van der Waals surface area (Å²) in [6.45, 7) is 5.28. The average molecular weight is 582 g/mol. The van der Waals surface area contributed by atoms with Gasteiger partial charge < -0.3 is 25.0 Å². The molecule has 0 spiro atoms. The zero-order valence-electron chi connectivity index (χ0n) is 25.1. The summed E-state index contributed by atoms with van der Waals surface area (Å²) in [5.41, 5.74) is 2.28. The van der Waals surface area contributed by atoms with E-state index in [1.165, 1.54) is 19.3 Å². The van der Waals surface area contributed by atoms with Gasteiger partial charge in [0.25, 0.3) is 0 Å². The molecule has 2 N–H and O–H groups in total. The standard InChI is InChI=1S/C35H40FN5O2/c1-21-15-28-32(31(36)30(21)27-17-25(42)16-22-7-3-4-8-26(22)27)38-34(39-33(28)41-18-23-10-11-24(19-41)37-23)43-20-35-12-5-9-29(35)40(2)14-6-13-35/h3-4,7-8,15-17,23-24,29,37,42H,5-6,9-14,18-20H2,1-2H3. The molecule has 2 bridgehead atoms. The Morgan fingerprint density at radius 3 is 2.65 bits per heavy atom. The fourth-order valence-corrected chi connectivity index (χ4v) is 8.81. The van der Waals surface area contributed by atoms with Gasteiger partial charge in [0.05, 0.1) is 6.61 Å². The fraction of sp³-hybridized carbons (Fsp3) is 0.486. The lowest BCUT2D eigenvalue weighted by atomic mass is 9.76. The number of halogens is 1. The lowest BCUT2D eigenvalue weighted by Gasteiger charge is -2.44. The van der Waals surface area contributed by atoms with Gasteiger partial charge in [-0.3, -0.25) is 0 Å². The fourth-order valence-electron chi connectivity index (χ4n) is 8.81. The lowest BCUT2D eigenvalue weighted by Crippen LogP contribution is -2.51. The number of likely N-dealkylation sites (tertiary alicyclic amines) is 1. The number of anilines is 1. The number of ether oxygens (including phenoxy) is 1. The van der Waals surface area contributed by atoms with Crippen molar-refractivity contribution >= 4 is 27.5 Å². The largest absolute Gasteiger partial charge is 0.508 e. The minimum atomic E-state index is -0.397. The molecule has 8 rings (SSSR count). The van der Waals surface area contributed by atoms with Gasteiger partial charge >= 0.3 is 6.01 Å². The molecule has 4 aliphatic rings. The highest BCUT2D eigenvalue weighted by Crippen LogP contribution is 2.48. The Hall–Kier alpha value is -3.49. The smallest absolute Gasteiger partial charge is 0.319 e. The number of aromatic nitrogens is 2. The highest BCUT2D eigenvalue weighted by molar-refractivity contribution is 6.02. The van der Waals surface area contributed by atoms with Gasteiger partial charge in [-0.1, -0.05) is 30.7 Å². The number of rotatable bonds is 5. The predicted molar refractivity (Wildman–Crippen MR) is 168 cm³/mol. The SMILES string of the molecule is Cc1cc2c(N3CC4CCC(C3)N4)nc(OCC34CCCC3N(C)CCC4)nc2c(F)c1-c1cc(O)cc2ccccc12. The summed E-state index contributed by atoms with van der Waals surface area (Å²) in [6.07, 6.45) is 8.15. The number of phenols is 1. The highest BCUT2D eigenvalue weighted by Gasteiger charge is 2.47. The number of phenolic OH excluding ortho intramolecular Hbond substituents is 1. The van der Waals surface area contributed by atoms with Gasteiger partial charge in [0.2, 0.25) is 0 Å². The second-order valence-corrected chi connectivity index (χ2v) is 13.5. The molecular formula is C35H40FN5O2. The van der Waals surface area contributed by atoms with E-state index in [9.17, 15) is 5.11 Å². The Balaban J connectivity index is 1.26. The van der Waals surface area contributed by atoms with E-state index in [0.29, 0.717) is 41.2 Å². The normalized spacial score (nSPS) is 27.2. The number of nitrogens with one attached hydrogen (secondary N) is 1. The second-order valence-electron chi connectivity index (χ2n) is 13.5. The van der Waals surface area contributed by atoms with Gasteiger partial charge in [0.15, 0.2) is 5.82 Å². The zero-order valence-corrected chi connectivity index (χ0v) is 25.1. The van der Waals surface area contributed by atoms with Crippen molar-refractivity contribution in [1.29, 1.82) is 0 Å². The summed E-state index contributed by atoms with van der Waals surface area (Å²) in [5.74, 6) is 0.472. The number of aryl methyl sites for hydroxylation is 1. The Kier molecular flexibility index (Phi) is 6.49. The van der Waals surface area contributed by atoms with E-state index >= 15 is 4.39 Å². The number of hydrogen-bond donors (Lipinski definition) is 2. The first-order chi connectivity index (χ1) is 20.9. The van der Waals surface area contributed by atoms with Crippen LogP contribution in [0.3, 0.4) is 0 Å². The molecule has 3 aliphatic heterocycles. The lowest BCUT2D eigenvalue weighted by molar-refractivity contribution is 0.0133. The van der Waals surface area contributed by atoms with Crippen molar-refractivity contribution in [3.05, 3.63) is 53.8 Å². The molecule has 224 valence electrons. The first-order valence-electron chi connectivity index (χ1n) is 16.0. The first kappa shape index (κ1) is 27.1. The third-order valence-electron chi connectivity index (χ3n) is 10.8. The third kappa shape index (κ3) is 4.52. The van der Waals surface area contributed by atoms with Gasteiger partial charge in [0.1, 0.15) is 17.1 Å². The number of fused-ring (bicyclic) bond motifs is 5. The summed E-state index contributed by atoms with van der Waals surface area (Å²) in [4.78, 5) is 14.6. The van der Waals surface area contributed by atoms with E-state index in [1.807, 2.05) is 37.3 Å². The maximum Gasteiger partial charge on any atom is 0.319 e. The molecule has 43 heavy (non-hydrogen) atoms. The summed E-state index contributed by atoms with van der Waals surface area (Å²) in [6, 6.07) is 14.8. The topological polar surface area (TPSA) is 73.8 Å². The van der Waals surface area contributed by atoms with Crippen LogP contribution in [0.4, 0.5) is 10.2 Å². The van der Waals surface area contributed by atoms with E-state index in [-0.39, 0.29) is 22.7 Å².